The number of halogens is 3. The molecule has 20 heavy (non-hydrogen) atoms. The van der Waals surface area contributed by atoms with Crippen molar-refractivity contribution in [2.24, 2.45) is 0 Å². The van der Waals surface area contributed by atoms with Crippen LogP contribution in [0.1, 0.15) is 5.82 Å². The summed E-state index contributed by atoms with van der Waals surface area (Å²) in [6, 6.07) is 4.74. The smallest absolute Gasteiger partial charge is 0.260 e. The van der Waals surface area contributed by atoms with E-state index in [2.05, 4.69) is 25.9 Å². The van der Waals surface area contributed by atoms with Gasteiger partial charge in [0.05, 0.1) is 11.3 Å². The van der Waals surface area contributed by atoms with E-state index in [0.29, 0.717) is 31.6 Å². The van der Waals surface area contributed by atoms with Gasteiger partial charge in [-0.3, -0.25) is 4.79 Å². The van der Waals surface area contributed by atoms with Gasteiger partial charge in [0.2, 0.25) is 0 Å². The maximum absolute atomic E-state index is 14.0. The van der Waals surface area contributed by atoms with E-state index < -0.39 is 0 Å². The molecule has 0 atom stereocenters. The van der Waals surface area contributed by atoms with Crippen molar-refractivity contribution in [3.05, 3.63) is 50.0 Å². The van der Waals surface area contributed by atoms with Crippen molar-refractivity contribution >= 4 is 49.1 Å². The molecule has 102 valence electrons. The predicted octanol–water partition coefficient (Wildman–Crippen LogP) is 4.29. The molecule has 0 aliphatic heterocycles. The Morgan fingerprint density at radius 2 is 2.20 bits per heavy atom. The molecular weight excluding hydrogens is 367 g/mol. The average Bonchev–Trinajstić information content (AvgIpc) is 2.83. The Morgan fingerprint density at radius 3 is 2.90 bits per heavy atom. The van der Waals surface area contributed by atoms with Gasteiger partial charge in [0, 0.05) is 21.0 Å². The highest BCUT2D eigenvalue weighted by Crippen LogP contribution is 2.33. The fourth-order valence-corrected chi connectivity index (χ4v) is 3.38. The zero-order valence-electron chi connectivity index (χ0n) is 9.91. The van der Waals surface area contributed by atoms with Gasteiger partial charge in [0.25, 0.3) is 5.56 Å². The Hall–Kier alpha value is -1.24. The normalized spacial score (nSPS) is 11.2. The predicted molar refractivity (Wildman–Crippen MR) is 82.9 cm³/mol. The van der Waals surface area contributed by atoms with Gasteiger partial charge in [-0.1, -0.05) is 22.0 Å². The van der Waals surface area contributed by atoms with Gasteiger partial charge in [-0.05, 0) is 12.1 Å². The van der Waals surface area contributed by atoms with Gasteiger partial charge in [0.15, 0.2) is 0 Å². The molecule has 1 N–H and O–H groups in total. The Kier molecular flexibility index (Phi) is 3.62. The maximum Gasteiger partial charge on any atom is 0.260 e. The summed E-state index contributed by atoms with van der Waals surface area (Å²) in [6.45, 7) is 0. The van der Waals surface area contributed by atoms with Crippen LogP contribution in [0.2, 0.25) is 0 Å². The average molecular weight is 374 g/mol. The number of hydrogen-bond acceptors (Lipinski definition) is 3. The summed E-state index contributed by atoms with van der Waals surface area (Å²) < 4.78 is 14.7. The van der Waals surface area contributed by atoms with E-state index in [0.717, 1.165) is 0 Å². The molecule has 2 heterocycles. The summed E-state index contributed by atoms with van der Waals surface area (Å²) in [7, 11) is 0. The van der Waals surface area contributed by atoms with Gasteiger partial charge < -0.3 is 4.98 Å². The third-order valence-electron chi connectivity index (χ3n) is 2.84. The van der Waals surface area contributed by atoms with E-state index in [1.54, 1.807) is 17.5 Å². The Morgan fingerprint density at radius 1 is 1.40 bits per heavy atom. The minimum Gasteiger partial charge on any atom is -0.309 e. The summed E-state index contributed by atoms with van der Waals surface area (Å²) in [5.41, 5.74) is 0.625. The molecule has 0 fully saturated rings. The second kappa shape index (κ2) is 5.27. The number of hydrogen-bond donors (Lipinski definition) is 1. The van der Waals surface area contributed by atoms with Crippen LogP contribution in [0.5, 0.6) is 0 Å². The Labute approximate surface area is 130 Å². The van der Waals surface area contributed by atoms with E-state index in [4.69, 9.17) is 11.6 Å². The molecule has 0 radical (unpaired) electrons. The highest BCUT2D eigenvalue weighted by atomic mass is 79.9. The molecule has 0 aliphatic rings. The lowest BCUT2D eigenvalue weighted by Crippen LogP contribution is -2.10. The van der Waals surface area contributed by atoms with Crippen LogP contribution < -0.4 is 5.56 Å². The third kappa shape index (κ3) is 2.28. The first-order valence-corrected chi connectivity index (χ1v) is 7.82. The maximum atomic E-state index is 14.0. The van der Waals surface area contributed by atoms with E-state index in [-0.39, 0.29) is 17.3 Å². The summed E-state index contributed by atoms with van der Waals surface area (Å²) >= 11 is 10.2. The number of nitrogens with one attached hydrogen (secondary N) is 1. The van der Waals surface area contributed by atoms with Crippen LogP contribution in [-0.2, 0) is 5.88 Å². The second-order valence-corrected chi connectivity index (χ2v) is 6.14. The number of aromatic nitrogens is 2. The Balaban J connectivity index is 2.30. The number of fused-ring (bicyclic) bond motifs is 1. The van der Waals surface area contributed by atoms with Gasteiger partial charge in [-0.25, -0.2) is 9.37 Å². The molecule has 0 bridgehead atoms. The summed E-state index contributed by atoms with van der Waals surface area (Å²) in [5.74, 6) is 0.152. The van der Waals surface area contributed by atoms with Gasteiger partial charge >= 0.3 is 0 Å². The molecule has 0 saturated heterocycles. The number of thiophene rings is 1. The lowest BCUT2D eigenvalue weighted by molar-refractivity contribution is 0.630. The lowest BCUT2D eigenvalue weighted by Gasteiger charge is -2.02. The molecule has 0 aliphatic carbocycles. The third-order valence-corrected chi connectivity index (χ3v) is 4.46. The lowest BCUT2D eigenvalue weighted by atomic mass is 10.1. The van der Waals surface area contributed by atoms with Crippen LogP contribution in [0.15, 0.2) is 32.8 Å². The largest absolute Gasteiger partial charge is 0.309 e. The van der Waals surface area contributed by atoms with Crippen molar-refractivity contribution < 1.29 is 4.39 Å². The minimum atomic E-state index is -0.389. The molecule has 3 aromatic rings. The van der Waals surface area contributed by atoms with Crippen molar-refractivity contribution in [1.29, 1.82) is 0 Å². The van der Waals surface area contributed by atoms with E-state index >= 15 is 0 Å². The molecule has 0 saturated carbocycles. The van der Waals surface area contributed by atoms with Gasteiger partial charge in [0.1, 0.15) is 16.5 Å². The van der Waals surface area contributed by atoms with Crippen LogP contribution in [0.4, 0.5) is 4.39 Å². The zero-order chi connectivity index (χ0) is 14.3. The highest BCUT2D eigenvalue weighted by Gasteiger charge is 2.15. The topological polar surface area (TPSA) is 45.8 Å². The van der Waals surface area contributed by atoms with Crippen LogP contribution >= 0.6 is 38.9 Å². The van der Waals surface area contributed by atoms with Crippen LogP contribution in [0.3, 0.4) is 0 Å². The van der Waals surface area contributed by atoms with Crippen molar-refractivity contribution in [1.82, 2.24) is 9.97 Å². The van der Waals surface area contributed by atoms with E-state index in [1.807, 2.05) is 0 Å². The summed E-state index contributed by atoms with van der Waals surface area (Å²) in [5, 5.41) is 2.13. The summed E-state index contributed by atoms with van der Waals surface area (Å²) in [6.07, 6.45) is 0. The highest BCUT2D eigenvalue weighted by molar-refractivity contribution is 9.10. The van der Waals surface area contributed by atoms with Gasteiger partial charge in [-0.2, -0.15) is 0 Å². The fraction of sp³-hybridized carbons (Fsp3) is 0.0769. The van der Waals surface area contributed by atoms with Crippen molar-refractivity contribution in [3.8, 4) is 11.1 Å². The molecule has 3 nitrogen and oxygen atoms in total. The fourth-order valence-electron chi connectivity index (χ4n) is 1.96. The van der Waals surface area contributed by atoms with Crippen LogP contribution in [0, 0.1) is 5.82 Å². The van der Waals surface area contributed by atoms with Crippen molar-refractivity contribution in [3.63, 3.8) is 0 Å². The number of H-pyrrole nitrogens is 1. The first kappa shape index (κ1) is 13.7. The van der Waals surface area contributed by atoms with E-state index in [1.165, 1.54) is 17.4 Å². The molecule has 2 aromatic heterocycles. The number of rotatable bonds is 2. The quantitative estimate of drug-likeness (QED) is 0.681. The minimum absolute atomic E-state index is 0.130. The van der Waals surface area contributed by atoms with Crippen LogP contribution in [-0.4, -0.2) is 9.97 Å². The molecule has 0 spiro atoms. The van der Waals surface area contributed by atoms with Crippen LogP contribution in [0.25, 0.3) is 21.3 Å². The second-order valence-electron chi connectivity index (χ2n) is 4.10. The molecule has 3 rings (SSSR count). The number of alkyl halides is 1. The number of aromatic amines is 1. The monoisotopic (exact) mass is 372 g/mol. The molecule has 7 heteroatoms. The molecule has 1 aromatic carbocycles. The van der Waals surface area contributed by atoms with Crippen molar-refractivity contribution in [2.45, 2.75) is 5.88 Å². The molecule has 0 amide bonds. The SMILES string of the molecule is O=c1[nH]c(CCl)nc2scc(-c3ccc(Br)cc3F)c12. The van der Waals surface area contributed by atoms with Crippen molar-refractivity contribution in [2.75, 3.05) is 0 Å². The van der Waals surface area contributed by atoms with E-state index in [9.17, 15) is 9.18 Å². The first-order valence-electron chi connectivity index (χ1n) is 5.62. The zero-order valence-corrected chi connectivity index (χ0v) is 13.1. The van der Waals surface area contributed by atoms with Gasteiger partial charge in [-0.15, -0.1) is 22.9 Å². The molecule has 0 unspecified atom stereocenters. The molecular formula is C13H7BrClFN2OS. The first-order chi connectivity index (χ1) is 9.60. The summed E-state index contributed by atoms with van der Waals surface area (Å²) in [4.78, 5) is 19.5. The number of nitrogens with zero attached hydrogens (tertiary/aromatic N) is 1. The standard InChI is InChI=1S/C13H7BrClFN2OS/c14-6-1-2-7(9(16)3-6)8-5-20-13-11(8)12(19)17-10(4-15)18-13/h1-3,5H,4H2,(H,17,18,19). The number of benzene rings is 1. The Bertz CT molecular complexity index is 861.